The first kappa shape index (κ1) is 21.1. The van der Waals surface area contributed by atoms with E-state index >= 15 is 0 Å². The predicted octanol–water partition coefficient (Wildman–Crippen LogP) is 2.20. The normalized spacial score (nSPS) is 25.5. The molecule has 3 saturated heterocycles. The molecule has 0 radical (unpaired) electrons. The van der Waals surface area contributed by atoms with Crippen molar-refractivity contribution in [1.82, 2.24) is 24.5 Å². The third-order valence-electron chi connectivity index (χ3n) is 6.80. The molecule has 0 aliphatic carbocycles. The van der Waals surface area contributed by atoms with Gasteiger partial charge in [0.2, 0.25) is 0 Å². The van der Waals surface area contributed by atoms with Crippen molar-refractivity contribution in [2.75, 3.05) is 24.5 Å². The van der Waals surface area contributed by atoms with Gasteiger partial charge in [-0.2, -0.15) is 0 Å². The number of imidazole rings is 1. The maximum atomic E-state index is 13.1. The summed E-state index contributed by atoms with van der Waals surface area (Å²) in [7, 11) is 1.83. The molecular weight excluding hydrogens is 408 g/mol. The second kappa shape index (κ2) is 7.37. The molecule has 6 heterocycles. The number of amides is 1. The van der Waals surface area contributed by atoms with Crippen LogP contribution in [0.25, 0.3) is 6.08 Å². The molecule has 4 aliphatic heterocycles. The lowest BCUT2D eigenvalue weighted by Gasteiger charge is -2.55. The predicted molar refractivity (Wildman–Crippen MR) is 121 cm³/mol. The largest absolute Gasteiger partial charge is 0.361 e. The van der Waals surface area contributed by atoms with Gasteiger partial charge in [-0.25, -0.2) is 4.79 Å². The molecule has 1 amide bonds. The Balaban J connectivity index is 1.43. The van der Waals surface area contributed by atoms with Crippen LogP contribution in [0.15, 0.2) is 21.5 Å². The van der Waals surface area contributed by atoms with Crippen LogP contribution in [-0.4, -0.2) is 68.3 Å². The standard InChI is InChI=1S/C23H32N6O3/c1-14-10-18(25-32-14)21(30)28-12-15-6-7-16(28)11-27(15)19-9-8-17-20(26(5)22(31)24-17)29(19)13-23(2,3)4/h8-10,15-16,19H,6-7,11-13H2,1-5H3,(H,24,31). The smallest absolute Gasteiger partial charge is 0.327 e. The first-order valence-corrected chi connectivity index (χ1v) is 11.4. The number of hydrogen-bond donors (Lipinski definition) is 1. The lowest BCUT2D eigenvalue weighted by Crippen LogP contribution is -2.68. The molecule has 3 unspecified atom stereocenters. The Morgan fingerprint density at radius 2 is 2.00 bits per heavy atom. The Kier molecular flexibility index (Phi) is 4.85. The van der Waals surface area contributed by atoms with Crippen molar-refractivity contribution in [3.05, 3.63) is 39.8 Å². The van der Waals surface area contributed by atoms with Crippen molar-refractivity contribution in [3.8, 4) is 0 Å². The lowest BCUT2D eigenvalue weighted by molar-refractivity contribution is -0.0251. The fraction of sp³-hybridized carbons (Fsp3) is 0.609. The Morgan fingerprint density at radius 1 is 1.25 bits per heavy atom. The highest BCUT2D eigenvalue weighted by Gasteiger charge is 2.46. The van der Waals surface area contributed by atoms with E-state index in [2.05, 4.69) is 46.8 Å². The molecule has 0 aromatic carbocycles. The Hall–Kier alpha value is -2.81. The van der Waals surface area contributed by atoms with E-state index in [-0.39, 0.29) is 35.3 Å². The molecule has 2 bridgehead atoms. The number of hydrogen-bond acceptors (Lipinski definition) is 6. The number of rotatable bonds is 3. The van der Waals surface area contributed by atoms with Crippen LogP contribution in [-0.2, 0) is 7.05 Å². The average molecular weight is 441 g/mol. The van der Waals surface area contributed by atoms with Gasteiger partial charge in [0.25, 0.3) is 5.91 Å². The first-order chi connectivity index (χ1) is 15.1. The summed E-state index contributed by atoms with van der Waals surface area (Å²) in [5, 5.41) is 3.94. The zero-order valence-corrected chi connectivity index (χ0v) is 19.5. The van der Waals surface area contributed by atoms with Gasteiger partial charge in [0.05, 0.1) is 5.69 Å². The van der Waals surface area contributed by atoms with Gasteiger partial charge in [-0.3, -0.25) is 14.3 Å². The van der Waals surface area contributed by atoms with Crippen LogP contribution in [0.2, 0.25) is 0 Å². The summed E-state index contributed by atoms with van der Waals surface area (Å²) in [6, 6.07) is 2.11. The minimum Gasteiger partial charge on any atom is -0.361 e. The van der Waals surface area contributed by atoms with E-state index in [9.17, 15) is 9.59 Å². The number of H-pyrrole nitrogens is 1. The summed E-state index contributed by atoms with van der Waals surface area (Å²) in [4.78, 5) is 35.2. The minimum atomic E-state index is -0.0981. The van der Waals surface area contributed by atoms with Crippen molar-refractivity contribution in [2.24, 2.45) is 12.5 Å². The number of aromatic nitrogens is 3. The fourth-order valence-electron chi connectivity index (χ4n) is 5.42. The monoisotopic (exact) mass is 440 g/mol. The summed E-state index contributed by atoms with van der Waals surface area (Å²) in [5.41, 5.74) is 1.20. The molecule has 1 N–H and O–H groups in total. The molecule has 6 rings (SSSR count). The Bertz CT molecular complexity index is 1120. The maximum absolute atomic E-state index is 13.1. The van der Waals surface area contributed by atoms with Gasteiger partial charge in [0, 0.05) is 44.8 Å². The highest BCUT2D eigenvalue weighted by molar-refractivity contribution is 5.92. The van der Waals surface area contributed by atoms with E-state index in [1.165, 1.54) is 0 Å². The number of piperazine rings is 1. The van der Waals surface area contributed by atoms with E-state index in [4.69, 9.17) is 4.52 Å². The summed E-state index contributed by atoms with van der Waals surface area (Å²) in [6.07, 6.45) is 6.32. The van der Waals surface area contributed by atoms with Gasteiger partial charge in [0.1, 0.15) is 17.7 Å². The highest BCUT2D eigenvalue weighted by Crippen LogP contribution is 2.37. The number of carbonyl (C=O) groups excluding carboxylic acids is 1. The van der Waals surface area contributed by atoms with Crippen LogP contribution in [0.4, 0.5) is 5.82 Å². The van der Waals surface area contributed by atoms with E-state index in [0.717, 1.165) is 37.4 Å². The SMILES string of the molecule is Cc1cc(C(=O)N2CC3CCC2CN3C2C=Cc3[nH]c(=O)n(C)c3N2CC(C)(C)C)no1. The first-order valence-electron chi connectivity index (χ1n) is 11.4. The zero-order valence-electron chi connectivity index (χ0n) is 19.5. The summed E-state index contributed by atoms with van der Waals surface area (Å²) in [6.45, 7) is 10.8. The van der Waals surface area contributed by atoms with Crippen LogP contribution in [0.3, 0.4) is 0 Å². The maximum Gasteiger partial charge on any atom is 0.327 e. The molecule has 9 heteroatoms. The minimum absolute atomic E-state index is 0.0440. The number of piperidine rings is 2. The lowest BCUT2D eigenvalue weighted by atomic mass is 9.88. The van der Waals surface area contributed by atoms with Crippen LogP contribution in [0.5, 0.6) is 0 Å². The average Bonchev–Trinajstić information content (AvgIpc) is 3.30. The van der Waals surface area contributed by atoms with E-state index < -0.39 is 0 Å². The topological polar surface area (TPSA) is 90.6 Å². The van der Waals surface area contributed by atoms with Crippen LogP contribution in [0.1, 0.15) is 55.6 Å². The molecule has 0 spiro atoms. The molecule has 2 aromatic heterocycles. The van der Waals surface area contributed by atoms with Crippen molar-refractivity contribution < 1.29 is 9.32 Å². The third-order valence-corrected chi connectivity index (χ3v) is 6.80. The zero-order chi connectivity index (χ0) is 22.8. The second-order valence-corrected chi connectivity index (χ2v) is 10.5. The summed E-state index contributed by atoms with van der Waals surface area (Å²) < 4.78 is 6.84. The molecule has 2 aromatic rings. The van der Waals surface area contributed by atoms with Gasteiger partial charge in [-0.1, -0.05) is 25.9 Å². The van der Waals surface area contributed by atoms with Gasteiger partial charge >= 0.3 is 5.69 Å². The van der Waals surface area contributed by atoms with Crippen LogP contribution >= 0.6 is 0 Å². The van der Waals surface area contributed by atoms with Crippen molar-refractivity contribution in [2.45, 2.75) is 58.8 Å². The molecular formula is C23H32N6O3. The number of anilines is 1. The number of aromatic amines is 1. The van der Waals surface area contributed by atoms with E-state index in [1.807, 2.05) is 18.0 Å². The Labute approximate surface area is 187 Å². The van der Waals surface area contributed by atoms with Crippen molar-refractivity contribution in [1.29, 1.82) is 0 Å². The van der Waals surface area contributed by atoms with Crippen molar-refractivity contribution in [3.63, 3.8) is 0 Å². The second-order valence-electron chi connectivity index (χ2n) is 10.5. The van der Waals surface area contributed by atoms with Gasteiger partial charge in [-0.05, 0) is 37.3 Å². The van der Waals surface area contributed by atoms with Crippen LogP contribution in [0, 0.1) is 12.3 Å². The summed E-state index contributed by atoms with van der Waals surface area (Å²) >= 11 is 0. The number of nitrogens with zero attached hydrogens (tertiary/aromatic N) is 5. The molecule has 0 saturated carbocycles. The highest BCUT2D eigenvalue weighted by atomic mass is 16.5. The number of carbonyl (C=O) groups is 1. The van der Waals surface area contributed by atoms with Crippen molar-refractivity contribution >= 4 is 17.8 Å². The fourth-order valence-corrected chi connectivity index (χ4v) is 5.42. The molecule has 3 fully saturated rings. The van der Waals surface area contributed by atoms with Gasteiger partial charge in [-0.15, -0.1) is 0 Å². The summed E-state index contributed by atoms with van der Waals surface area (Å²) in [5.74, 6) is 1.54. The molecule has 3 atom stereocenters. The molecule has 32 heavy (non-hydrogen) atoms. The van der Waals surface area contributed by atoms with Crippen LogP contribution < -0.4 is 10.6 Å². The molecule has 172 valence electrons. The van der Waals surface area contributed by atoms with Gasteiger partial charge in [0.15, 0.2) is 5.69 Å². The third kappa shape index (κ3) is 3.48. The Morgan fingerprint density at radius 3 is 2.62 bits per heavy atom. The quantitative estimate of drug-likeness (QED) is 0.787. The van der Waals surface area contributed by atoms with Gasteiger partial charge < -0.3 is 19.3 Å². The number of aryl methyl sites for hydroxylation is 1. The van der Waals surface area contributed by atoms with E-state index in [0.29, 0.717) is 18.0 Å². The van der Waals surface area contributed by atoms with E-state index in [1.54, 1.807) is 17.6 Å². The number of fused-ring (bicyclic) bond motifs is 4. The number of nitrogens with one attached hydrogen (secondary N) is 1. The molecule has 4 aliphatic rings. The molecule has 9 nitrogen and oxygen atoms in total.